The van der Waals surface area contributed by atoms with Crippen molar-refractivity contribution in [3.8, 4) is 17.0 Å². The Morgan fingerprint density at radius 2 is 1.82 bits per heavy atom. The molecule has 0 aliphatic carbocycles. The van der Waals surface area contributed by atoms with E-state index in [1.807, 2.05) is 36.4 Å². The number of aromatic nitrogens is 2. The largest absolute Gasteiger partial charge is 0.507 e. The Morgan fingerprint density at radius 3 is 2.57 bits per heavy atom. The van der Waals surface area contributed by atoms with Crippen molar-refractivity contribution < 1.29 is 9.90 Å². The maximum atomic E-state index is 12.4. The van der Waals surface area contributed by atoms with Gasteiger partial charge in [0.15, 0.2) is 0 Å². The number of hydrazone groups is 1. The molecule has 1 aromatic heterocycles. The highest BCUT2D eigenvalue weighted by atomic mass is 35.5. The summed E-state index contributed by atoms with van der Waals surface area (Å²) < 4.78 is 0. The maximum Gasteiger partial charge on any atom is 0.275 e. The van der Waals surface area contributed by atoms with Crippen molar-refractivity contribution in [2.75, 3.05) is 0 Å². The first-order chi connectivity index (χ1) is 13.6. The predicted octanol–water partition coefficient (Wildman–Crippen LogP) is 4.35. The van der Waals surface area contributed by atoms with Crippen molar-refractivity contribution >= 4 is 34.5 Å². The van der Waals surface area contributed by atoms with Gasteiger partial charge >= 0.3 is 0 Å². The number of hydrogen-bond donors (Lipinski definition) is 3. The number of phenolic OH excluding ortho intramolecular Hbond substituents is 1. The molecule has 7 heteroatoms. The SMILES string of the molecule is O=C(N/N=C/c1cn[nH]c1-c1ccc(Cl)cc1)c1cc2ccccc2cc1O. The molecule has 1 amide bonds. The molecule has 4 rings (SSSR count). The molecule has 4 aromatic rings. The third-order valence-corrected chi connectivity index (χ3v) is 4.53. The molecule has 0 radical (unpaired) electrons. The van der Waals surface area contributed by atoms with E-state index in [1.54, 1.807) is 30.5 Å². The highest BCUT2D eigenvalue weighted by Gasteiger charge is 2.12. The molecule has 28 heavy (non-hydrogen) atoms. The number of hydrogen-bond acceptors (Lipinski definition) is 4. The number of phenols is 1. The number of aromatic hydroxyl groups is 1. The van der Waals surface area contributed by atoms with Crippen LogP contribution in [0.4, 0.5) is 0 Å². The Morgan fingerprint density at radius 1 is 1.11 bits per heavy atom. The first-order valence-corrected chi connectivity index (χ1v) is 8.84. The number of carbonyl (C=O) groups excluding carboxylic acids is 1. The van der Waals surface area contributed by atoms with Crippen molar-refractivity contribution in [2.24, 2.45) is 5.10 Å². The van der Waals surface area contributed by atoms with Crippen LogP contribution < -0.4 is 5.43 Å². The Kier molecular flexibility index (Phi) is 4.78. The van der Waals surface area contributed by atoms with Gasteiger partial charge in [-0.2, -0.15) is 10.2 Å². The summed E-state index contributed by atoms with van der Waals surface area (Å²) in [7, 11) is 0. The van der Waals surface area contributed by atoms with Crippen molar-refractivity contribution in [1.29, 1.82) is 0 Å². The van der Waals surface area contributed by atoms with Gasteiger partial charge < -0.3 is 5.11 Å². The lowest BCUT2D eigenvalue weighted by molar-refractivity contribution is 0.0952. The van der Waals surface area contributed by atoms with E-state index in [4.69, 9.17) is 11.6 Å². The Balaban J connectivity index is 1.53. The number of nitrogens with one attached hydrogen (secondary N) is 2. The van der Waals surface area contributed by atoms with Gasteiger partial charge in [0.1, 0.15) is 5.75 Å². The van der Waals surface area contributed by atoms with Gasteiger partial charge in [-0.15, -0.1) is 0 Å². The summed E-state index contributed by atoms with van der Waals surface area (Å²) in [5.74, 6) is -0.604. The Labute approximate surface area is 165 Å². The second-order valence-electron chi connectivity index (χ2n) is 6.12. The lowest BCUT2D eigenvalue weighted by atomic mass is 10.1. The van der Waals surface area contributed by atoms with Crippen LogP contribution in [0.1, 0.15) is 15.9 Å². The van der Waals surface area contributed by atoms with E-state index in [0.717, 1.165) is 22.0 Å². The fourth-order valence-electron chi connectivity index (χ4n) is 2.87. The smallest absolute Gasteiger partial charge is 0.275 e. The fraction of sp³-hybridized carbons (Fsp3) is 0. The quantitative estimate of drug-likeness (QED) is 0.357. The van der Waals surface area contributed by atoms with Gasteiger partial charge in [-0.05, 0) is 35.0 Å². The normalized spacial score (nSPS) is 11.2. The van der Waals surface area contributed by atoms with Crippen LogP contribution in [0.15, 0.2) is 72.0 Å². The molecule has 1 heterocycles. The molecule has 0 saturated carbocycles. The zero-order valence-electron chi connectivity index (χ0n) is 14.6. The molecule has 0 aliphatic heterocycles. The number of halogens is 1. The number of H-pyrrole nitrogens is 1. The Hall–Kier alpha value is -3.64. The van der Waals surface area contributed by atoms with Crippen molar-refractivity contribution in [3.63, 3.8) is 0 Å². The van der Waals surface area contributed by atoms with E-state index in [2.05, 4.69) is 20.7 Å². The molecule has 3 N–H and O–H groups in total. The number of aromatic amines is 1. The minimum Gasteiger partial charge on any atom is -0.507 e. The van der Waals surface area contributed by atoms with Gasteiger partial charge in [0.2, 0.25) is 0 Å². The van der Waals surface area contributed by atoms with Crippen LogP contribution in [-0.4, -0.2) is 27.4 Å². The number of amides is 1. The van der Waals surface area contributed by atoms with Gasteiger partial charge in [0.25, 0.3) is 5.91 Å². The van der Waals surface area contributed by atoms with E-state index in [9.17, 15) is 9.90 Å². The van der Waals surface area contributed by atoms with Crippen LogP contribution in [0.3, 0.4) is 0 Å². The van der Waals surface area contributed by atoms with E-state index in [1.165, 1.54) is 6.21 Å². The lowest BCUT2D eigenvalue weighted by Gasteiger charge is -2.05. The molecule has 0 fully saturated rings. The van der Waals surface area contributed by atoms with Crippen LogP contribution in [0.5, 0.6) is 5.75 Å². The molecule has 0 bridgehead atoms. The number of fused-ring (bicyclic) bond motifs is 1. The summed E-state index contributed by atoms with van der Waals surface area (Å²) in [6.07, 6.45) is 3.09. The third kappa shape index (κ3) is 3.58. The maximum absolute atomic E-state index is 12.4. The van der Waals surface area contributed by atoms with Gasteiger partial charge in [-0.25, -0.2) is 5.43 Å². The number of benzene rings is 3. The molecular formula is C21H15ClN4O2. The van der Waals surface area contributed by atoms with Gasteiger partial charge in [0, 0.05) is 16.1 Å². The molecule has 0 saturated heterocycles. The highest BCUT2D eigenvalue weighted by molar-refractivity contribution is 6.30. The summed E-state index contributed by atoms with van der Waals surface area (Å²) in [6, 6.07) is 18.0. The fourth-order valence-corrected chi connectivity index (χ4v) is 3.00. The van der Waals surface area contributed by atoms with E-state index < -0.39 is 5.91 Å². The van der Waals surface area contributed by atoms with E-state index in [-0.39, 0.29) is 11.3 Å². The molecule has 0 aliphatic rings. The standard InChI is InChI=1S/C21H15ClN4O2/c22-17-7-5-13(6-8-17)20-16(11-23-25-20)12-24-26-21(28)18-9-14-3-1-2-4-15(14)10-19(18)27/h1-12,27H,(H,23,25)(H,26,28)/b24-12+. The average Bonchev–Trinajstić information content (AvgIpc) is 3.16. The van der Waals surface area contributed by atoms with Gasteiger partial charge in [-0.1, -0.05) is 48.0 Å². The van der Waals surface area contributed by atoms with Crippen molar-refractivity contribution in [2.45, 2.75) is 0 Å². The van der Waals surface area contributed by atoms with Gasteiger partial charge in [-0.3, -0.25) is 9.89 Å². The minimum absolute atomic E-state index is 0.100. The van der Waals surface area contributed by atoms with Crippen molar-refractivity contribution in [3.05, 3.63) is 83.0 Å². The van der Waals surface area contributed by atoms with E-state index >= 15 is 0 Å². The summed E-state index contributed by atoms with van der Waals surface area (Å²) in [5, 5.41) is 23.4. The topological polar surface area (TPSA) is 90.4 Å². The molecule has 0 atom stereocenters. The van der Waals surface area contributed by atoms with E-state index in [0.29, 0.717) is 10.6 Å². The van der Waals surface area contributed by atoms with Crippen LogP contribution in [0.2, 0.25) is 5.02 Å². The molecule has 138 valence electrons. The molecular weight excluding hydrogens is 376 g/mol. The van der Waals surface area contributed by atoms with Crippen LogP contribution in [0, 0.1) is 0 Å². The Bertz CT molecular complexity index is 1180. The van der Waals surface area contributed by atoms with Crippen LogP contribution in [-0.2, 0) is 0 Å². The highest BCUT2D eigenvalue weighted by Crippen LogP contribution is 2.25. The number of carbonyl (C=O) groups is 1. The molecule has 6 nitrogen and oxygen atoms in total. The van der Waals surface area contributed by atoms with Gasteiger partial charge in [0.05, 0.1) is 23.7 Å². The van der Waals surface area contributed by atoms with Crippen LogP contribution >= 0.6 is 11.6 Å². The summed E-state index contributed by atoms with van der Waals surface area (Å²) in [4.78, 5) is 12.4. The summed E-state index contributed by atoms with van der Waals surface area (Å²) in [5.41, 5.74) is 4.93. The molecule has 3 aromatic carbocycles. The average molecular weight is 391 g/mol. The number of nitrogens with zero attached hydrogens (tertiary/aromatic N) is 2. The monoisotopic (exact) mass is 390 g/mol. The summed E-state index contributed by atoms with van der Waals surface area (Å²) in [6.45, 7) is 0. The molecule has 0 spiro atoms. The first-order valence-electron chi connectivity index (χ1n) is 8.46. The lowest BCUT2D eigenvalue weighted by Crippen LogP contribution is -2.17. The first kappa shape index (κ1) is 17.8. The second kappa shape index (κ2) is 7.54. The number of rotatable bonds is 4. The predicted molar refractivity (Wildman–Crippen MR) is 110 cm³/mol. The zero-order valence-corrected chi connectivity index (χ0v) is 15.3. The third-order valence-electron chi connectivity index (χ3n) is 4.28. The molecule has 0 unspecified atom stereocenters. The zero-order chi connectivity index (χ0) is 19.5. The van der Waals surface area contributed by atoms with Crippen LogP contribution in [0.25, 0.3) is 22.0 Å². The second-order valence-corrected chi connectivity index (χ2v) is 6.56. The summed E-state index contributed by atoms with van der Waals surface area (Å²) >= 11 is 5.92. The van der Waals surface area contributed by atoms with Crippen molar-refractivity contribution in [1.82, 2.24) is 15.6 Å². The minimum atomic E-state index is -0.504.